The maximum atomic E-state index is 5.46. The first kappa shape index (κ1) is 12.1. The van der Waals surface area contributed by atoms with Gasteiger partial charge in [0.1, 0.15) is 0 Å². The highest BCUT2D eigenvalue weighted by Crippen LogP contribution is 2.09. The van der Waals surface area contributed by atoms with Crippen LogP contribution in [0, 0.1) is 12.3 Å². The Balaban J connectivity index is 1.79. The molecule has 1 aliphatic heterocycles. The van der Waals surface area contributed by atoms with Crippen molar-refractivity contribution in [3.05, 3.63) is 29.6 Å². The first-order valence-electron chi connectivity index (χ1n) is 6.10. The summed E-state index contributed by atoms with van der Waals surface area (Å²) < 4.78 is 5.32. The van der Waals surface area contributed by atoms with E-state index in [0.717, 1.165) is 51.3 Å². The molecule has 2 rings (SSSR count). The van der Waals surface area contributed by atoms with Gasteiger partial charge < -0.3 is 4.74 Å². The molecule has 0 aromatic carbocycles. The molecule has 0 bridgehead atoms. The van der Waals surface area contributed by atoms with Crippen LogP contribution in [0.15, 0.2) is 18.5 Å². The van der Waals surface area contributed by atoms with Gasteiger partial charge in [-0.25, -0.2) is 0 Å². The fraction of sp³-hybridized carbons (Fsp3) is 0.500. The second kappa shape index (κ2) is 6.39. The van der Waals surface area contributed by atoms with Gasteiger partial charge in [-0.05, 0) is 31.0 Å². The molecule has 0 amide bonds. The quantitative estimate of drug-likeness (QED) is 0.730. The molecule has 0 aliphatic carbocycles. The molecular weight excluding hydrogens is 212 g/mol. The van der Waals surface area contributed by atoms with E-state index in [9.17, 15) is 0 Å². The Hall–Kier alpha value is -1.37. The van der Waals surface area contributed by atoms with E-state index in [4.69, 9.17) is 11.2 Å². The third-order valence-electron chi connectivity index (χ3n) is 3.08. The maximum Gasteiger partial charge on any atom is 0.0594 e. The lowest BCUT2D eigenvalue weighted by Crippen LogP contribution is -2.36. The molecule has 3 nitrogen and oxygen atoms in total. The number of aromatic nitrogens is 1. The zero-order valence-corrected chi connectivity index (χ0v) is 10.1. The van der Waals surface area contributed by atoms with Gasteiger partial charge in [0.05, 0.1) is 13.2 Å². The van der Waals surface area contributed by atoms with E-state index in [1.165, 1.54) is 5.56 Å². The SMILES string of the molecule is C#Cc1ccncc1CCCN1CCOCC1. The van der Waals surface area contributed by atoms with Gasteiger partial charge >= 0.3 is 0 Å². The number of nitrogens with zero attached hydrogens (tertiary/aromatic N) is 2. The summed E-state index contributed by atoms with van der Waals surface area (Å²) in [5.41, 5.74) is 2.16. The minimum Gasteiger partial charge on any atom is -0.379 e. The Kier molecular flexibility index (Phi) is 4.54. The van der Waals surface area contributed by atoms with Crippen molar-refractivity contribution in [2.24, 2.45) is 0 Å². The van der Waals surface area contributed by atoms with E-state index >= 15 is 0 Å². The van der Waals surface area contributed by atoms with Gasteiger partial charge in [-0.1, -0.05) is 5.92 Å². The number of aryl methyl sites for hydroxylation is 1. The normalized spacial score (nSPS) is 16.6. The summed E-state index contributed by atoms with van der Waals surface area (Å²) in [4.78, 5) is 6.57. The van der Waals surface area contributed by atoms with Crippen LogP contribution in [0.2, 0.25) is 0 Å². The molecule has 0 N–H and O–H groups in total. The number of hydrogen-bond acceptors (Lipinski definition) is 3. The Morgan fingerprint density at radius 1 is 1.41 bits per heavy atom. The largest absolute Gasteiger partial charge is 0.379 e. The molecule has 1 fully saturated rings. The average Bonchev–Trinajstić information content (AvgIpc) is 2.40. The van der Waals surface area contributed by atoms with Gasteiger partial charge in [0, 0.05) is 31.0 Å². The van der Waals surface area contributed by atoms with E-state index in [1.807, 2.05) is 12.3 Å². The van der Waals surface area contributed by atoms with Gasteiger partial charge in [-0.2, -0.15) is 0 Å². The predicted molar refractivity (Wildman–Crippen MR) is 67.8 cm³/mol. The molecule has 1 saturated heterocycles. The van der Waals surface area contributed by atoms with Crippen LogP contribution in [-0.4, -0.2) is 42.7 Å². The van der Waals surface area contributed by atoms with Gasteiger partial charge in [-0.3, -0.25) is 9.88 Å². The summed E-state index contributed by atoms with van der Waals surface area (Å²) in [6, 6.07) is 1.91. The van der Waals surface area contributed by atoms with Gasteiger partial charge in [0.25, 0.3) is 0 Å². The molecular formula is C14H18N2O. The smallest absolute Gasteiger partial charge is 0.0594 e. The summed E-state index contributed by atoms with van der Waals surface area (Å²) >= 11 is 0. The fourth-order valence-corrected chi connectivity index (χ4v) is 2.09. The van der Waals surface area contributed by atoms with Crippen molar-refractivity contribution in [1.29, 1.82) is 0 Å². The van der Waals surface area contributed by atoms with E-state index < -0.39 is 0 Å². The van der Waals surface area contributed by atoms with Crippen LogP contribution in [0.5, 0.6) is 0 Å². The highest BCUT2D eigenvalue weighted by molar-refractivity contribution is 5.37. The Morgan fingerprint density at radius 3 is 3.00 bits per heavy atom. The number of morpholine rings is 1. The standard InChI is InChI=1S/C14H18N2O/c1-2-13-5-6-15-12-14(13)4-3-7-16-8-10-17-11-9-16/h1,5-6,12H,3-4,7-11H2. The summed E-state index contributed by atoms with van der Waals surface area (Å²) in [5, 5.41) is 0. The van der Waals surface area contributed by atoms with Crippen molar-refractivity contribution < 1.29 is 4.74 Å². The Labute approximate surface area is 103 Å². The van der Waals surface area contributed by atoms with Crippen molar-refractivity contribution in [3.8, 4) is 12.3 Å². The fourth-order valence-electron chi connectivity index (χ4n) is 2.09. The Bertz CT molecular complexity index is 391. The highest BCUT2D eigenvalue weighted by atomic mass is 16.5. The number of hydrogen-bond donors (Lipinski definition) is 0. The number of terminal acetylenes is 1. The van der Waals surface area contributed by atoms with Crippen LogP contribution in [-0.2, 0) is 11.2 Å². The molecule has 0 spiro atoms. The van der Waals surface area contributed by atoms with E-state index in [-0.39, 0.29) is 0 Å². The molecule has 3 heteroatoms. The van der Waals surface area contributed by atoms with E-state index in [2.05, 4.69) is 15.8 Å². The third-order valence-corrected chi connectivity index (χ3v) is 3.08. The lowest BCUT2D eigenvalue weighted by atomic mass is 10.1. The summed E-state index contributed by atoms with van der Waals surface area (Å²) in [7, 11) is 0. The van der Waals surface area contributed by atoms with Crippen LogP contribution < -0.4 is 0 Å². The zero-order chi connectivity index (χ0) is 11.9. The third kappa shape index (κ3) is 3.55. The number of pyridine rings is 1. The lowest BCUT2D eigenvalue weighted by molar-refractivity contribution is 0.0374. The van der Waals surface area contributed by atoms with Crippen molar-refractivity contribution in [2.45, 2.75) is 12.8 Å². The molecule has 1 aliphatic rings. The lowest BCUT2D eigenvalue weighted by Gasteiger charge is -2.26. The maximum absolute atomic E-state index is 5.46. The summed E-state index contributed by atoms with van der Waals surface area (Å²) in [6.45, 7) is 4.94. The number of ether oxygens (including phenoxy) is 1. The minimum absolute atomic E-state index is 0.864. The summed E-state index contributed by atoms with van der Waals surface area (Å²) in [6.07, 6.45) is 11.2. The second-order valence-electron chi connectivity index (χ2n) is 4.23. The monoisotopic (exact) mass is 230 g/mol. The van der Waals surface area contributed by atoms with Crippen LogP contribution in [0.1, 0.15) is 17.5 Å². The molecule has 1 aromatic heterocycles. The molecule has 1 aromatic rings. The molecule has 0 unspecified atom stereocenters. The predicted octanol–water partition coefficient (Wildman–Crippen LogP) is 1.33. The highest BCUT2D eigenvalue weighted by Gasteiger charge is 2.09. The van der Waals surface area contributed by atoms with E-state index in [1.54, 1.807) is 6.20 Å². The van der Waals surface area contributed by atoms with Crippen LogP contribution in [0.4, 0.5) is 0 Å². The minimum atomic E-state index is 0.864. The van der Waals surface area contributed by atoms with Crippen molar-refractivity contribution >= 4 is 0 Å². The molecule has 2 heterocycles. The van der Waals surface area contributed by atoms with Crippen molar-refractivity contribution in [2.75, 3.05) is 32.8 Å². The van der Waals surface area contributed by atoms with Crippen LogP contribution in [0.3, 0.4) is 0 Å². The van der Waals surface area contributed by atoms with Crippen LogP contribution in [0.25, 0.3) is 0 Å². The zero-order valence-electron chi connectivity index (χ0n) is 10.1. The van der Waals surface area contributed by atoms with Crippen molar-refractivity contribution in [3.63, 3.8) is 0 Å². The van der Waals surface area contributed by atoms with Gasteiger partial charge in [-0.15, -0.1) is 6.42 Å². The van der Waals surface area contributed by atoms with Gasteiger partial charge in [0.2, 0.25) is 0 Å². The first-order chi connectivity index (χ1) is 8.40. The van der Waals surface area contributed by atoms with Gasteiger partial charge in [0.15, 0.2) is 0 Å². The molecule has 0 radical (unpaired) electrons. The topological polar surface area (TPSA) is 25.4 Å². The Morgan fingerprint density at radius 2 is 2.24 bits per heavy atom. The molecule has 90 valence electrons. The average molecular weight is 230 g/mol. The second-order valence-corrected chi connectivity index (χ2v) is 4.23. The van der Waals surface area contributed by atoms with E-state index in [0.29, 0.717) is 0 Å². The van der Waals surface area contributed by atoms with Crippen molar-refractivity contribution in [1.82, 2.24) is 9.88 Å². The molecule has 0 atom stereocenters. The summed E-state index contributed by atoms with van der Waals surface area (Å²) in [5.74, 6) is 2.71. The molecule has 0 saturated carbocycles. The number of rotatable bonds is 4. The van der Waals surface area contributed by atoms with Crippen LogP contribution >= 0.6 is 0 Å². The first-order valence-corrected chi connectivity index (χ1v) is 6.10. The molecule has 17 heavy (non-hydrogen) atoms.